The summed E-state index contributed by atoms with van der Waals surface area (Å²) in [6.07, 6.45) is 13.4. The molecule has 508 valence electrons. The van der Waals surface area contributed by atoms with E-state index in [2.05, 4.69) is 163 Å². The average Bonchev–Trinajstić information content (AvgIpc) is 0.912. The predicted octanol–water partition coefficient (Wildman–Crippen LogP) is 17.4. The highest BCUT2D eigenvalue weighted by Gasteiger charge is 2.10. The maximum Gasteiger partial charge on any atom is 0.252 e. The lowest BCUT2D eigenvalue weighted by atomic mass is 10.1. The second-order valence-electron chi connectivity index (χ2n) is 22.0. The van der Waals surface area contributed by atoms with Gasteiger partial charge in [-0.25, -0.2) is 24.9 Å². The van der Waals surface area contributed by atoms with Crippen molar-refractivity contribution in [2.75, 3.05) is 33.3 Å². The summed E-state index contributed by atoms with van der Waals surface area (Å²) in [5.41, 5.74) is 20.6. The topological polar surface area (TPSA) is 260 Å². The van der Waals surface area contributed by atoms with Crippen LogP contribution in [0, 0.1) is 0 Å². The molecule has 0 saturated carbocycles. The van der Waals surface area contributed by atoms with Crippen molar-refractivity contribution < 1.29 is 0 Å². The first-order valence-electron chi connectivity index (χ1n) is 32.0. The zero-order valence-electron chi connectivity index (χ0n) is 55.1. The summed E-state index contributed by atoms with van der Waals surface area (Å²) in [5.74, 6) is 2.17. The largest absolute Gasteiger partial charge is 0.399 e. The number of H-pyrrole nitrogens is 3. The number of halogens is 2. The molecule has 0 spiro atoms. The minimum absolute atomic E-state index is 0.102. The first-order valence-corrected chi connectivity index (χ1v) is 34.1. The second-order valence-corrected chi connectivity index (χ2v) is 23.7. The van der Waals surface area contributed by atoms with E-state index in [-0.39, 0.29) is 27.7 Å². The van der Waals surface area contributed by atoms with E-state index in [1.807, 2.05) is 188 Å². The average molecular weight is 1410 g/mol. The second kappa shape index (κ2) is 38.4. The first-order chi connectivity index (χ1) is 49.9. The van der Waals surface area contributed by atoms with Gasteiger partial charge in [-0.3, -0.25) is 24.4 Å². The van der Waals surface area contributed by atoms with Crippen molar-refractivity contribution >= 4 is 87.2 Å². The third-order valence-electron chi connectivity index (χ3n) is 14.6. The molecule has 0 radical (unpaired) electrons. The molecular weight excluding hydrogens is 1330 g/mol. The zero-order chi connectivity index (χ0) is 70.9. The first kappa shape index (κ1) is 71.9. The van der Waals surface area contributed by atoms with Crippen LogP contribution in [-0.4, -0.2) is 59.1 Å². The third-order valence-corrected chi connectivity index (χ3v) is 15.6. The van der Waals surface area contributed by atoms with Crippen LogP contribution in [0.25, 0.3) is 55.6 Å². The molecule has 0 fully saturated rings. The fraction of sp³-hybridized carbons (Fsp3) is 0.0370. The molecule has 2 atom stereocenters. The number of guanidine groups is 2. The van der Waals surface area contributed by atoms with E-state index in [1.165, 1.54) is 70.8 Å². The Balaban J connectivity index is 0.000000134. The van der Waals surface area contributed by atoms with Crippen LogP contribution in [0.5, 0.6) is 0 Å². The number of nitrogens with zero attached hydrogens (tertiary/aromatic N) is 5. The van der Waals surface area contributed by atoms with Gasteiger partial charge in [-0.15, -0.1) is 0 Å². The zero-order valence-corrected chi connectivity index (χ0v) is 57.4. The van der Waals surface area contributed by atoms with Gasteiger partial charge in [0.2, 0.25) is 23.8 Å². The number of aliphatic imine (C=N–C) groups is 2. The Bertz CT molecular complexity index is 4840. The number of benzene rings is 10. The highest BCUT2D eigenvalue weighted by molar-refractivity contribution is 7.98. The van der Waals surface area contributed by atoms with Gasteiger partial charge in [0.25, 0.3) is 16.7 Å². The van der Waals surface area contributed by atoms with Crippen molar-refractivity contribution in [1.82, 2.24) is 40.5 Å². The molecular formula is C81H71Cl2N15O3S. The molecule has 15 rings (SSSR count). The van der Waals surface area contributed by atoms with E-state index in [0.717, 1.165) is 61.8 Å². The summed E-state index contributed by atoms with van der Waals surface area (Å²) < 4.78 is 0. The molecule has 2 unspecified atom stereocenters. The van der Waals surface area contributed by atoms with Crippen LogP contribution in [0.4, 0.5) is 40.3 Å². The molecule has 102 heavy (non-hydrogen) atoms. The van der Waals surface area contributed by atoms with Crippen LogP contribution in [0.2, 0.25) is 0 Å². The Morgan fingerprint density at radius 1 is 0.343 bits per heavy atom. The van der Waals surface area contributed by atoms with E-state index in [9.17, 15) is 14.4 Å². The molecule has 0 amide bonds. The van der Waals surface area contributed by atoms with Crippen molar-refractivity contribution in [1.29, 1.82) is 0 Å². The number of aromatic amines is 3. The highest BCUT2D eigenvalue weighted by Crippen LogP contribution is 2.28. The smallest absolute Gasteiger partial charge is 0.252 e. The van der Waals surface area contributed by atoms with Crippen molar-refractivity contribution in [3.63, 3.8) is 0 Å². The van der Waals surface area contributed by atoms with Crippen molar-refractivity contribution in [3.05, 3.63) is 365 Å². The normalized spacial score (nSPS) is 12.9. The Morgan fingerprint density at radius 3 is 0.931 bits per heavy atom. The fourth-order valence-corrected chi connectivity index (χ4v) is 10.5. The number of alkyl halides is 2. The minimum Gasteiger partial charge on any atom is -0.399 e. The van der Waals surface area contributed by atoms with Crippen molar-refractivity contribution in [2.45, 2.75) is 16.2 Å². The molecule has 18 nitrogen and oxygen atoms in total. The summed E-state index contributed by atoms with van der Waals surface area (Å²) in [6.45, 7) is 0. The number of anilines is 7. The lowest BCUT2D eigenvalue weighted by Gasteiger charge is -2.15. The highest BCUT2D eigenvalue weighted by atomic mass is 35.5. The van der Waals surface area contributed by atoms with Crippen LogP contribution in [-0.2, 0) is 0 Å². The molecule has 10 aromatic carbocycles. The van der Waals surface area contributed by atoms with Gasteiger partial charge in [0.15, 0.2) is 5.16 Å². The summed E-state index contributed by atoms with van der Waals surface area (Å²) in [4.78, 5) is 61.3. The Kier molecular flexibility index (Phi) is 27.1. The molecule has 11 N–H and O–H groups in total. The van der Waals surface area contributed by atoms with E-state index in [1.54, 1.807) is 24.6 Å². The lowest BCUT2D eigenvalue weighted by Crippen LogP contribution is -2.30. The van der Waals surface area contributed by atoms with E-state index in [0.29, 0.717) is 29.0 Å². The molecule has 0 bridgehead atoms. The Hall–Kier alpha value is -12.8. The number of nitrogens with two attached hydrogens (primary N) is 1. The Labute approximate surface area is 604 Å². The maximum atomic E-state index is 11.2. The quantitative estimate of drug-likeness (QED) is 0.0179. The maximum absolute atomic E-state index is 11.2. The number of hydrogen-bond donors (Lipinski definition) is 10. The standard InChI is InChI=1S/2C16H14ClN3.2C16H13N3O.C12H11N.C5H6N2OS/c2*17-15-9-10-18-16(20-15)19-14-8-4-7-13(11-14)12-5-2-1-3-6-12;2*20-15-9-10-17-16(19-15)18-14-8-4-7-13(11-14)12-5-2-1-3-6-12;13-12-8-4-7-11(9-12)10-5-2-1-3-6-10;1-9-5-6-3-2-4(8)7-5/h2*1-11,15H,(H2,18,19,20);2*1-11H,(H2,17,18,19,20);1-9H,13H2;2-3H,1H3,(H,6,7,8). The number of rotatable bonds is 12. The lowest BCUT2D eigenvalue weighted by molar-refractivity contribution is 0.940. The van der Waals surface area contributed by atoms with Gasteiger partial charge in [0.1, 0.15) is 11.0 Å². The van der Waals surface area contributed by atoms with Gasteiger partial charge in [-0.2, -0.15) is 0 Å². The van der Waals surface area contributed by atoms with Crippen LogP contribution in [0.15, 0.2) is 364 Å². The van der Waals surface area contributed by atoms with Crippen LogP contribution >= 0.6 is 35.0 Å². The fourth-order valence-electron chi connectivity index (χ4n) is 9.80. The van der Waals surface area contributed by atoms with Gasteiger partial charge >= 0.3 is 0 Å². The van der Waals surface area contributed by atoms with Crippen LogP contribution in [0.1, 0.15) is 0 Å². The van der Waals surface area contributed by atoms with Gasteiger partial charge in [0, 0.05) is 77.6 Å². The van der Waals surface area contributed by atoms with E-state index < -0.39 is 0 Å². The molecule has 0 saturated heterocycles. The molecule has 0 aliphatic carbocycles. The number of nitrogens with one attached hydrogen (secondary N) is 9. The summed E-state index contributed by atoms with van der Waals surface area (Å²) in [6, 6.07) is 95.3. The minimum atomic E-state index is -0.323. The van der Waals surface area contributed by atoms with E-state index in [4.69, 9.17) is 28.9 Å². The molecule has 13 aromatic rings. The number of nitrogen functional groups attached to an aromatic ring is 1. The summed E-state index contributed by atoms with van der Waals surface area (Å²) in [5, 5.41) is 19.3. The van der Waals surface area contributed by atoms with E-state index >= 15 is 0 Å². The number of aromatic nitrogens is 6. The SMILES string of the molecule is CSc1nccc(=O)[nH]1.ClC1C=CNC(Nc2cccc(-c3ccccc3)c2)=N1.ClC1C=CNC(Nc2cccc(-c3ccccc3)c2)=N1.Nc1cccc(-c2ccccc2)c1.O=c1ccnc(Nc2cccc(-c3ccccc3)c2)[nH]1.O=c1ccnc(Nc2cccc(-c3ccccc3)c2)[nH]1. The molecule has 2 aliphatic heterocycles. The molecule has 5 heterocycles. The molecule has 3 aromatic heterocycles. The predicted molar refractivity (Wildman–Crippen MR) is 423 cm³/mol. The van der Waals surface area contributed by atoms with Gasteiger partial charge < -0.3 is 42.6 Å². The summed E-state index contributed by atoms with van der Waals surface area (Å²) >= 11 is 13.3. The molecule has 21 heteroatoms. The van der Waals surface area contributed by atoms with Crippen molar-refractivity contribution in [2.24, 2.45) is 9.98 Å². The van der Waals surface area contributed by atoms with Gasteiger partial charge in [-0.05, 0) is 135 Å². The molecule has 2 aliphatic rings. The summed E-state index contributed by atoms with van der Waals surface area (Å²) in [7, 11) is 0. The number of hydrogen-bond acceptors (Lipinski definition) is 16. The van der Waals surface area contributed by atoms with Gasteiger partial charge in [-0.1, -0.05) is 247 Å². The van der Waals surface area contributed by atoms with Gasteiger partial charge in [0.05, 0.1) is 0 Å². The van der Waals surface area contributed by atoms with Crippen LogP contribution in [0.3, 0.4) is 0 Å². The number of thioether (sulfide) groups is 1. The van der Waals surface area contributed by atoms with Crippen molar-refractivity contribution in [3.8, 4) is 55.6 Å². The monoisotopic (exact) mass is 1400 g/mol. The van der Waals surface area contributed by atoms with Crippen LogP contribution < -0.4 is 54.3 Å². The third kappa shape index (κ3) is 23.7. The Morgan fingerprint density at radius 2 is 0.637 bits per heavy atom.